The minimum absolute atomic E-state index is 0.341. The van der Waals surface area contributed by atoms with E-state index in [1.807, 2.05) is 0 Å². The van der Waals surface area contributed by atoms with Gasteiger partial charge in [-0.25, -0.2) is 0 Å². The monoisotopic (exact) mass is 330 g/mol. The second kappa shape index (κ2) is 5.90. The number of hydrogen-bond acceptors (Lipinski definition) is 5. The molecule has 0 N–H and O–H groups in total. The number of oxime groups is 1. The molecule has 2 atom stereocenters. The highest BCUT2D eigenvalue weighted by Gasteiger charge is 2.70. The fraction of sp³-hybridized carbons (Fsp3) is 0.357. The van der Waals surface area contributed by atoms with Crippen LogP contribution in [-0.4, -0.2) is 35.6 Å². The molecular weight excluding hydrogens is 317 g/mol. The van der Waals surface area contributed by atoms with Crippen LogP contribution in [0, 0.1) is 10.1 Å². The van der Waals surface area contributed by atoms with Crippen molar-refractivity contribution in [2.45, 2.75) is 24.7 Å². The summed E-state index contributed by atoms with van der Waals surface area (Å²) in [6.07, 6.45) is -3.27. The number of ether oxygens (including phenoxy) is 1. The van der Waals surface area contributed by atoms with E-state index in [9.17, 15) is 23.3 Å². The maximum Gasteiger partial charge on any atom is 0.442 e. The van der Waals surface area contributed by atoms with E-state index in [2.05, 4.69) is 9.99 Å². The number of nitro groups is 1. The molecule has 0 aromatic heterocycles. The Morgan fingerprint density at radius 2 is 2.00 bits per heavy atom. The quantitative estimate of drug-likeness (QED) is 0.628. The van der Waals surface area contributed by atoms with Crippen molar-refractivity contribution in [3.63, 3.8) is 0 Å². The molecule has 0 amide bonds. The zero-order chi connectivity index (χ0) is 17.3. The summed E-state index contributed by atoms with van der Waals surface area (Å²) in [6.45, 7) is 1.13. The van der Waals surface area contributed by atoms with E-state index < -0.39 is 22.7 Å². The molecule has 0 bridgehead atoms. The number of benzene rings is 1. The first-order valence-corrected chi connectivity index (χ1v) is 6.47. The third-order valence-electron chi connectivity index (χ3n) is 3.44. The number of rotatable bonds is 4. The van der Waals surface area contributed by atoms with Gasteiger partial charge >= 0.3 is 17.8 Å². The molecule has 0 spiro atoms. The van der Waals surface area contributed by atoms with Crippen molar-refractivity contribution < 1.29 is 27.7 Å². The van der Waals surface area contributed by atoms with Crippen LogP contribution in [-0.2, 0) is 4.84 Å². The normalized spacial score (nSPS) is 24.4. The summed E-state index contributed by atoms with van der Waals surface area (Å²) in [5.41, 5.74) is -3.06. The summed E-state index contributed by atoms with van der Waals surface area (Å²) in [6, 6.07) is 4.02. The lowest BCUT2D eigenvalue weighted by molar-refractivity contribution is -0.531. The van der Waals surface area contributed by atoms with Gasteiger partial charge in [-0.05, 0) is 30.7 Å². The first-order chi connectivity index (χ1) is 10.7. The van der Waals surface area contributed by atoms with Crippen molar-refractivity contribution in [2.75, 3.05) is 7.11 Å². The van der Waals surface area contributed by atoms with Crippen LogP contribution in [0.1, 0.15) is 12.5 Å². The molecule has 1 aliphatic rings. The standard InChI is InChI=1S/C14H13F3N2O4/c1-9-12(19(20)21)13(23-18-9,14(15,16)17)8-7-10-3-5-11(22-2)6-4-10/h3-8,12H,1-2H3/b8-7+/t12-,13-/m0/s1. The second-order valence-electron chi connectivity index (χ2n) is 4.91. The third-order valence-corrected chi connectivity index (χ3v) is 3.44. The molecule has 1 aliphatic heterocycles. The van der Waals surface area contributed by atoms with E-state index in [-0.39, 0.29) is 5.71 Å². The molecule has 0 unspecified atom stereocenters. The molecule has 0 saturated heterocycles. The first kappa shape index (κ1) is 16.8. The minimum Gasteiger partial charge on any atom is -0.497 e. The van der Waals surface area contributed by atoms with Crippen molar-refractivity contribution in [1.82, 2.24) is 0 Å². The van der Waals surface area contributed by atoms with Gasteiger partial charge in [-0.15, -0.1) is 0 Å². The Morgan fingerprint density at radius 3 is 2.48 bits per heavy atom. The van der Waals surface area contributed by atoms with E-state index in [1.165, 1.54) is 19.2 Å². The van der Waals surface area contributed by atoms with Gasteiger partial charge in [0.05, 0.1) is 7.11 Å². The van der Waals surface area contributed by atoms with Gasteiger partial charge in [0, 0.05) is 4.92 Å². The molecule has 1 aromatic carbocycles. The highest BCUT2D eigenvalue weighted by molar-refractivity contribution is 5.89. The zero-order valence-electron chi connectivity index (χ0n) is 12.2. The molecule has 1 heterocycles. The molecule has 0 saturated carbocycles. The second-order valence-corrected chi connectivity index (χ2v) is 4.91. The van der Waals surface area contributed by atoms with Crippen LogP contribution in [0.2, 0.25) is 0 Å². The summed E-state index contributed by atoms with van der Waals surface area (Å²) in [4.78, 5) is 14.5. The molecule has 0 aliphatic carbocycles. The molecule has 0 radical (unpaired) electrons. The lowest BCUT2D eigenvalue weighted by Crippen LogP contribution is -2.56. The third kappa shape index (κ3) is 2.99. The lowest BCUT2D eigenvalue weighted by Gasteiger charge is -2.27. The van der Waals surface area contributed by atoms with Crippen LogP contribution in [0.4, 0.5) is 13.2 Å². The Bertz CT molecular complexity index is 655. The average Bonchev–Trinajstić information content (AvgIpc) is 2.83. The summed E-state index contributed by atoms with van der Waals surface area (Å²) in [5.74, 6) is 0.534. The van der Waals surface area contributed by atoms with Crippen molar-refractivity contribution in [3.8, 4) is 5.75 Å². The molecule has 6 nitrogen and oxygen atoms in total. The molecular formula is C14H13F3N2O4. The Balaban J connectivity index is 2.40. The van der Waals surface area contributed by atoms with E-state index >= 15 is 0 Å². The van der Waals surface area contributed by atoms with E-state index in [0.29, 0.717) is 17.4 Å². The van der Waals surface area contributed by atoms with Gasteiger partial charge in [0.25, 0.3) is 0 Å². The van der Waals surface area contributed by atoms with Crippen LogP contribution < -0.4 is 4.74 Å². The van der Waals surface area contributed by atoms with E-state index in [1.54, 1.807) is 12.1 Å². The minimum atomic E-state index is -5.00. The fourth-order valence-corrected chi connectivity index (χ4v) is 2.22. The summed E-state index contributed by atoms with van der Waals surface area (Å²) < 4.78 is 45.3. The number of methoxy groups -OCH3 is 1. The van der Waals surface area contributed by atoms with Gasteiger partial charge < -0.3 is 9.57 Å². The van der Waals surface area contributed by atoms with Gasteiger partial charge in [0.15, 0.2) is 0 Å². The molecule has 1 aromatic rings. The van der Waals surface area contributed by atoms with Crippen molar-refractivity contribution >= 4 is 11.8 Å². The van der Waals surface area contributed by atoms with Gasteiger partial charge in [-0.2, -0.15) is 13.2 Å². The van der Waals surface area contributed by atoms with Crippen molar-refractivity contribution in [2.24, 2.45) is 5.16 Å². The topological polar surface area (TPSA) is 74.0 Å². The Hall–Kier alpha value is -2.58. The number of hydrogen-bond donors (Lipinski definition) is 0. The molecule has 0 fully saturated rings. The highest BCUT2D eigenvalue weighted by atomic mass is 19.4. The number of alkyl halides is 3. The van der Waals surface area contributed by atoms with Crippen molar-refractivity contribution in [1.29, 1.82) is 0 Å². The predicted octanol–water partition coefficient (Wildman–Crippen LogP) is 3.06. The Kier molecular flexibility index (Phi) is 4.31. The molecule has 2 rings (SSSR count). The van der Waals surface area contributed by atoms with Gasteiger partial charge in [-0.1, -0.05) is 23.4 Å². The zero-order valence-corrected chi connectivity index (χ0v) is 12.2. The van der Waals surface area contributed by atoms with E-state index in [0.717, 1.165) is 13.0 Å². The van der Waals surface area contributed by atoms with Crippen LogP contribution in [0.15, 0.2) is 35.5 Å². The van der Waals surface area contributed by atoms with Gasteiger partial charge in [-0.3, -0.25) is 10.1 Å². The van der Waals surface area contributed by atoms with E-state index in [4.69, 9.17) is 4.74 Å². The molecule has 124 valence electrons. The maximum atomic E-state index is 13.4. The fourth-order valence-electron chi connectivity index (χ4n) is 2.22. The number of nitrogens with zero attached hydrogens (tertiary/aromatic N) is 2. The molecule has 9 heteroatoms. The predicted molar refractivity (Wildman–Crippen MR) is 75.8 cm³/mol. The number of halogens is 3. The van der Waals surface area contributed by atoms with Crippen molar-refractivity contribution in [3.05, 3.63) is 46.0 Å². The Morgan fingerprint density at radius 1 is 1.39 bits per heavy atom. The lowest BCUT2D eigenvalue weighted by atomic mass is 9.90. The van der Waals surface area contributed by atoms with Gasteiger partial charge in [0.2, 0.25) is 0 Å². The molecule has 23 heavy (non-hydrogen) atoms. The van der Waals surface area contributed by atoms with Crippen LogP contribution >= 0.6 is 0 Å². The summed E-state index contributed by atoms with van der Waals surface area (Å²) >= 11 is 0. The summed E-state index contributed by atoms with van der Waals surface area (Å²) in [7, 11) is 1.46. The van der Waals surface area contributed by atoms with Crippen LogP contribution in [0.5, 0.6) is 5.75 Å². The SMILES string of the molecule is COc1ccc(/C=C/[C@]2(C(F)(F)F)ON=C(C)[C@@H]2[N+](=O)[O-])cc1. The Labute approximate surface area is 129 Å². The van der Waals surface area contributed by atoms with Gasteiger partial charge in [0.1, 0.15) is 11.5 Å². The van der Waals surface area contributed by atoms with Crippen LogP contribution in [0.25, 0.3) is 6.08 Å². The first-order valence-electron chi connectivity index (χ1n) is 6.47. The average molecular weight is 330 g/mol. The van der Waals surface area contributed by atoms with Crippen LogP contribution in [0.3, 0.4) is 0 Å². The largest absolute Gasteiger partial charge is 0.497 e. The maximum absolute atomic E-state index is 13.4. The smallest absolute Gasteiger partial charge is 0.442 e. The summed E-state index contributed by atoms with van der Waals surface area (Å²) in [5, 5.41) is 14.2. The highest BCUT2D eigenvalue weighted by Crippen LogP contribution is 2.43.